The van der Waals surface area contributed by atoms with Gasteiger partial charge < -0.3 is 10.7 Å². The number of rotatable bonds is 4. The molecule has 3 nitrogen and oxygen atoms in total. The molecule has 70 valence electrons. The molecule has 0 spiro atoms. The van der Waals surface area contributed by atoms with Gasteiger partial charge in [-0.05, 0) is 18.4 Å². The van der Waals surface area contributed by atoms with Crippen molar-refractivity contribution in [2.45, 2.75) is 32.6 Å². The van der Waals surface area contributed by atoms with Gasteiger partial charge in [0, 0.05) is 6.20 Å². The molecule has 3 heteroatoms. The Balaban J connectivity index is 2.58. The molecule has 0 aromatic carbocycles. The van der Waals surface area contributed by atoms with Crippen molar-refractivity contribution in [3.63, 3.8) is 0 Å². The van der Waals surface area contributed by atoms with Crippen molar-refractivity contribution in [1.82, 2.24) is 4.98 Å². The Morgan fingerprint density at radius 3 is 2.85 bits per heavy atom. The van der Waals surface area contributed by atoms with E-state index >= 15 is 0 Å². The second-order valence-corrected chi connectivity index (χ2v) is 3.17. The van der Waals surface area contributed by atoms with Crippen LogP contribution in [0.15, 0.2) is 6.20 Å². The number of nitrogens with one attached hydrogen (secondary N) is 1. The molecule has 0 bridgehead atoms. The van der Waals surface area contributed by atoms with E-state index in [1.165, 1.54) is 12.8 Å². The van der Waals surface area contributed by atoms with E-state index in [2.05, 4.69) is 11.9 Å². The fourth-order valence-corrected chi connectivity index (χ4v) is 1.34. The summed E-state index contributed by atoms with van der Waals surface area (Å²) in [5, 5.41) is 8.64. The first-order valence-corrected chi connectivity index (χ1v) is 4.65. The normalized spacial score (nSPS) is 9.85. The van der Waals surface area contributed by atoms with Gasteiger partial charge in [0.25, 0.3) is 0 Å². The number of nitrogens with zero attached hydrogens (tertiary/aromatic N) is 1. The highest BCUT2D eigenvalue weighted by Crippen LogP contribution is 2.18. The first kappa shape index (κ1) is 9.66. The summed E-state index contributed by atoms with van der Waals surface area (Å²) in [4.78, 5) is 2.86. The van der Waals surface area contributed by atoms with Crippen LogP contribution in [0.4, 0.5) is 5.69 Å². The zero-order valence-corrected chi connectivity index (χ0v) is 7.93. The number of nitriles is 1. The van der Waals surface area contributed by atoms with Gasteiger partial charge in [-0.15, -0.1) is 0 Å². The Kier molecular flexibility index (Phi) is 3.39. The molecule has 0 fully saturated rings. The first-order valence-electron chi connectivity index (χ1n) is 4.65. The fourth-order valence-electron chi connectivity index (χ4n) is 1.34. The van der Waals surface area contributed by atoms with Crippen LogP contribution < -0.4 is 5.73 Å². The highest BCUT2D eigenvalue weighted by Gasteiger charge is 2.05. The number of nitrogen functional groups attached to an aromatic ring is 1. The van der Waals surface area contributed by atoms with Crippen LogP contribution >= 0.6 is 0 Å². The average molecular weight is 177 g/mol. The summed E-state index contributed by atoms with van der Waals surface area (Å²) in [5.41, 5.74) is 7.93. The number of H-pyrrole nitrogens is 1. The number of aromatic nitrogens is 1. The molecular weight excluding hydrogens is 162 g/mol. The Morgan fingerprint density at radius 2 is 2.31 bits per heavy atom. The molecule has 0 aliphatic heterocycles. The third kappa shape index (κ3) is 2.25. The van der Waals surface area contributed by atoms with Crippen LogP contribution in [0.5, 0.6) is 0 Å². The van der Waals surface area contributed by atoms with Crippen molar-refractivity contribution in [3.8, 4) is 6.07 Å². The summed E-state index contributed by atoms with van der Waals surface area (Å²) in [6.45, 7) is 2.17. The minimum Gasteiger partial charge on any atom is -0.396 e. The number of aryl methyl sites for hydroxylation is 1. The van der Waals surface area contributed by atoms with Gasteiger partial charge in [-0.1, -0.05) is 19.8 Å². The molecule has 1 heterocycles. The third-order valence-electron chi connectivity index (χ3n) is 2.17. The van der Waals surface area contributed by atoms with Crippen molar-refractivity contribution < 1.29 is 0 Å². The Bertz CT molecular complexity index is 306. The Hall–Kier alpha value is -1.43. The fraction of sp³-hybridized carbons (Fsp3) is 0.500. The van der Waals surface area contributed by atoms with E-state index in [-0.39, 0.29) is 0 Å². The van der Waals surface area contributed by atoms with Crippen molar-refractivity contribution >= 4 is 5.69 Å². The van der Waals surface area contributed by atoms with E-state index in [0.717, 1.165) is 18.4 Å². The SMILES string of the molecule is CCCCCc1c[nH]c(C#N)c1N. The van der Waals surface area contributed by atoms with E-state index < -0.39 is 0 Å². The maximum absolute atomic E-state index is 8.64. The summed E-state index contributed by atoms with van der Waals surface area (Å²) < 4.78 is 0. The van der Waals surface area contributed by atoms with Crippen LogP contribution in [0.1, 0.15) is 37.4 Å². The van der Waals surface area contributed by atoms with E-state index in [1.54, 1.807) is 0 Å². The van der Waals surface area contributed by atoms with Gasteiger partial charge in [-0.25, -0.2) is 0 Å². The third-order valence-corrected chi connectivity index (χ3v) is 2.17. The maximum atomic E-state index is 8.64. The van der Waals surface area contributed by atoms with Crippen LogP contribution in [0.25, 0.3) is 0 Å². The minimum atomic E-state index is 0.492. The molecule has 0 unspecified atom stereocenters. The lowest BCUT2D eigenvalue weighted by Crippen LogP contribution is -1.92. The van der Waals surface area contributed by atoms with Crippen LogP contribution in [0, 0.1) is 11.3 Å². The van der Waals surface area contributed by atoms with Gasteiger partial charge in [0.1, 0.15) is 11.8 Å². The number of unbranched alkanes of at least 4 members (excludes halogenated alkanes) is 2. The summed E-state index contributed by atoms with van der Waals surface area (Å²) in [6.07, 6.45) is 6.37. The second kappa shape index (κ2) is 4.56. The van der Waals surface area contributed by atoms with Crippen LogP contribution in [0.3, 0.4) is 0 Å². The largest absolute Gasteiger partial charge is 0.396 e. The van der Waals surface area contributed by atoms with E-state index in [9.17, 15) is 0 Å². The predicted octanol–water partition coefficient (Wildman–Crippen LogP) is 2.20. The molecule has 1 rings (SSSR count). The van der Waals surface area contributed by atoms with Crippen molar-refractivity contribution in [2.75, 3.05) is 5.73 Å². The van der Waals surface area contributed by atoms with Gasteiger partial charge >= 0.3 is 0 Å². The second-order valence-electron chi connectivity index (χ2n) is 3.17. The van der Waals surface area contributed by atoms with Crippen molar-refractivity contribution in [1.29, 1.82) is 5.26 Å². The molecule has 3 N–H and O–H groups in total. The van der Waals surface area contributed by atoms with Crippen molar-refractivity contribution in [2.24, 2.45) is 0 Å². The topological polar surface area (TPSA) is 65.6 Å². The zero-order valence-electron chi connectivity index (χ0n) is 7.93. The number of anilines is 1. The molecule has 0 amide bonds. The zero-order chi connectivity index (χ0) is 9.68. The number of hydrogen-bond donors (Lipinski definition) is 2. The van der Waals surface area contributed by atoms with Crippen LogP contribution in [-0.2, 0) is 6.42 Å². The molecule has 0 aliphatic rings. The number of hydrogen-bond acceptors (Lipinski definition) is 2. The number of aromatic amines is 1. The van der Waals surface area contributed by atoms with E-state index in [4.69, 9.17) is 11.0 Å². The molecule has 0 saturated carbocycles. The monoisotopic (exact) mass is 177 g/mol. The van der Waals surface area contributed by atoms with Gasteiger partial charge in [-0.2, -0.15) is 5.26 Å². The lowest BCUT2D eigenvalue weighted by atomic mass is 10.1. The highest BCUT2D eigenvalue weighted by atomic mass is 14.8. The molecular formula is C10H15N3. The Morgan fingerprint density at radius 1 is 1.54 bits per heavy atom. The highest BCUT2D eigenvalue weighted by molar-refractivity contribution is 5.56. The first-order chi connectivity index (χ1) is 6.29. The van der Waals surface area contributed by atoms with Gasteiger partial charge in [0.15, 0.2) is 0 Å². The summed E-state index contributed by atoms with van der Waals surface area (Å²) in [6, 6.07) is 2.03. The maximum Gasteiger partial charge on any atom is 0.141 e. The molecule has 0 aliphatic carbocycles. The number of nitrogens with two attached hydrogens (primary N) is 1. The lowest BCUT2D eigenvalue weighted by Gasteiger charge is -1.97. The molecule has 0 saturated heterocycles. The van der Waals surface area contributed by atoms with Gasteiger partial charge in [-0.3, -0.25) is 0 Å². The molecule has 13 heavy (non-hydrogen) atoms. The summed E-state index contributed by atoms with van der Waals surface area (Å²) in [7, 11) is 0. The van der Waals surface area contributed by atoms with Crippen LogP contribution in [-0.4, -0.2) is 4.98 Å². The van der Waals surface area contributed by atoms with Crippen LogP contribution in [0.2, 0.25) is 0 Å². The summed E-state index contributed by atoms with van der Waals surface area (Å²) >= 11 is 0. The Labute approximate surface area is 78.6 Å². The molecule has 1 aromatic heterocycles. The standard InChI is InChI=1S/C10H15N3/c1-2-3-4-5-8-7-13-9(6-11)10(8)12/h7,13H,2-5,12H2,1H3. The average Bonchev–Trinajstić information content (AvgIpc) is 2.48. The van der Waals surface area contributed by atoms with Crippen molar-refractivity contribution in [3.05, 3.63) is 17.5 Å². The van der Waals surface area contributed by atoms with E-state index in [0.29, 0.717) is 11.4 Å². The predicted molar refractivity (Wildman–Crippen MR) is 53.1 cm³/mol. The molecule has 0 atom stereocenters. The summed E-state index contributed by atoms with van der Waals surface area (Å²) in [5.74, 6) is 0. The lowest BCUT2D eigenvalue weighted by molar-refractivity contribution is 0.718. The molecule has 0 radical (unpaired) electrons. The quantitative estimate of drug-likeness (QED) is 0.692. The van der Waals surface area contributed by atoms with Gasteiger partial charge in [0.2, 0.25) is 0 Å². The smallest absolute Gasteiger partial charge is 0.141 e. The minimum absolute atomic E-state index is 0.492. The van der Waals surface area contributed by atoms with E-state index in [1.807, 2.05) is 12.3 Å². The van der Waals surface area contributed by atoms with Gasteiger partial charge in [0.05, 0.1) is 5.69 Å². The molecule has 1 aromatic rings.